The van der Waals surface area contributed by atoms with Crippen LogP contribution in [0.15, 0.2) is 12.1 Å². The van der Waals surface area contributed by atoms with Crippen molar-refractivity contribution in [2.45, 2.75) is 13.3 Å². The van der Waals surface area contributed by atoms with Gasteiger partial charge in [0.2, 0.25) is 0 Å². The zero-order valence-electron chi connectivity index (χ0n) is 6.88. The highest BCUT2D eigenvalue weighted by molar-refractivity contribution is 6.42. The van der Waals surface area contributed by atoms with Gasteiger partial charge in [0.05, 0.1) is 15.0 Å². The van der Waals surface area contributed by atoms with Crippen LogP contribution in [-0.4, -0.2) is 4.92 Å². The summed E-state index contributed by atoms with van der Waals surface area (Å²) in [7, 11) is 0. The molecule has 0 spiro atoms. The smallest absolute Gasteiger partial charge is 0.258 e. The van der Waals surface area contributed by atoms with Crippen LogP contribution in [-0.2, 0) is 6.42 Å². The first kappa shape index (κ1) is 10.3. The predicted molar refractivity (Wildman–Crippen MR) is 52.5 cm³/mol. The Morgan fingerprint density at radius 1 is 1.46 bits per heavy atom. The van der Waals surface area contributed by atoms with Gasteiger partial charge >= 0.3 is 0 Å². The van der Waals surface area contributed by atoms with E-state index in [4.69, 9.17) is 23.2 Å². The number of hydrogen-bond acceptors (Lipinski definition) is 2. The topological polar surface area (TPSA) is 43.1 Å². The highest BCUT2D eigenvalue weighted by atomic mass is 35.5. The lowest BCUT2D eigenvalue weighted by Gasteiger charge is -2.02. The Labute approximate surface area is 85.4 Å². The van der Waals surface area contributed by atoms with E-state index >= 15 is 0 Å². The van der Waals surface area contributed by atoms with Gasteiger partial charge in [-0.25, -0.2) is 0 Å². The molecule has 0 atom stereocenters. The van der Waals surface area contributed by atoms with E-state index in [1.54, 1.807) is 0 Å². The lowest BCUT2D eigenvalue weighted by molar-refractivity contribution is -0.384. The van der Waals surface area contributed by atoms with Gasteiger partial charge in [0.1, 0.15) is 0 Å². The maximum absolute atomic E-state index is 10.4. The number of benzene rings is 1. The monoisotopic (exact) mass is 219 g/mol. The molecular weight excluding hydrogens is 213 g/mol. The molecule has 0 saturated heterocycles. The molecule has 0 bridgehead atoms. The highest BCUT2D eigenvalue weighted by Crippen LogP contribution is 2.30. The Morgan fingerprint density at radius 2 is 2.08 bits per heavy atom. The molecule has 70 valence electrons. The molecule has 1 aromatic carbocycles. The average molecular weight is 220 g/mol. The molecule has 0 N–H and O–H groups in total. The van der Waals surface area contributed by atoms with Crippen molar-refractivity contribution >= 4 is 28.9 Å². The van der Waals surface area contributed by atoms with E-state index in [-0.39, 0.29) is 10.7 Å². The fraction of sp³-hybridized carbons (Fsp3) is 0.250. The van der Waals surface area contributed by atoms with Crippen molar-refractivity contribution in [2.24, 2.45) is 0 Å². The summed E-state index contributed by atoms with van der Waals surface area (Å²) in [6.07, 6.45) is 0.625. The minimum atomic E-state index is -0.485. The first-order chi connectivity index (χ1) is 6.06. The highest BCUT2D eigenvalue weighted by Gasteiger charge is 2.12. The van der Waals surface area contributed by atoms with E-state index in [1.165, 1.54) is 12.1 Å². The summed E-state index contributed by atoms with van der Waals surface area (Å²) >= 11 is 11.5. The lowest BCUT2D eigenvalue weighted by atomic mass is 10.1. The molecule has 1 aromatic rings. The van der Waals surface area contributed by atoms with Gasteiger partial charge in [-0.15, -0.1) is 0 Å². The van der Waals surface area contributed by atoms with Crippen molar-refractivity contribution in [3.8, 4) is 0 Å². The maximum Gasteiger partial charge on any atom is 0.271 e. The van der Waals surface area contributed by atoms with Crippen molar-refractivity contribution in [3.63, 3.8) is 0 Å². The van der Waals surface area contributed by atoms with Crippen LogP contribution < -0.4 is 0 Å². The zero-order valence-corrected chi connectivity index (χ0v) is 8.39. The number of aryl methyl sites for hydroxylation is 1. The number of nitro benzene ring substituents is 1. The van der Waals surface area contributed by atoms with Gasteiger partial charge in [-0.1, -0.05) is 30.1 Å². The maximum atomic E-state index is 10.4. The number of nitro groups is 1. The Kier molecular flexibility index (Phi) is 3.12. The molecule has 0 aliphatic heterocycles. The van der Waals surface area contributed by atoms with E-state index in [2.05, 4.69) is 0 Å². The zero-order chi connectivity index (χ0) is 10.0. The van der Waals surface area contributed by atoms with Gasteiger partial charge in [0.15, 0.2) is 0 Å². The minimum Gasteiger partial charge on any atom is -0.258 e. The van der Waals surface area contributed by atoms with E-state index in [9.17, 15) is 10.1 Å². The standard InChI is InChI=1S/C8H7Cl2NO2/c1-2-5-3-6(11(12)13)4-7(9)8(5)10/h3-4H,2H2,1H3. The molecule has 3 nitrogen and oxygen atoms in total. The Balaban J connectivity index is 3.30. The van der Waals surface area contributed by atoms with Crippen LogP contribution in [0.5, 0.6) is 0 Å². The molecule has 0 saturated carbocycles. The average Bonchev–Trinajstić information content (AvgIpc) is 2.09. The van der Waals surface area contributed by atoms with Crippen molar-refractivity contribution in [3.05, 3.63) is 37.9 Å². The van der Waals surface area contributed by atoms with Crippen LogP contribution >= 0.6 is 23.2 Å². The number of halogens is 2. The van der Waals surface area contributed by atoms with Crippen molar-refractivity contribution in [2.75, 3.05) is 0 Å². The molecule has 0 aliphatic rings. The van der Waals surface area contributed by atoms with Crippen LogP contribution in [0.25, 0.3) is 0 Å². The van der Waals surface area contributed by atoms with Gasteiger partial charge in [-0.3, -0.25) is 10.1 Å². The molecule has 1 rings (SSSR count). The van der Waals surface area contributed by atoms with Gasteiger partial charge in [0.25, 0.3) is 5.69 Å². The molecule has 0 radical (unpaired) electrons. The van der Waals surface area contributed by atoms with E-state index in [1.807, 2.05) is 6.92 Å². The second-order valence-corrected chi connectivity index (χ2v) is 3.30. The summed E-state index contributed by atoms with van der Waals surface area (Å²) in [5, 5.41) is 11.1. The van der Waals surface area contributed by atoms with E-state index in [0.29, 0.717) is 17.0 Å². The third-order valence-electron chi connectivity index (χ3n) is 1.68. The summed E-state index contributed by atoms with van der Waals surface area (Å²) in [4.78, 5) is 9.95. The van der Waals surface area contributed by atoms with Gasteiger partial charge in [0, 0.05) is 12.1 Å². The van der Waals surface area contributed by atoms with E-state index in [0.717, 1.165) is 0 Å². The summed E-state index contributed by atoms with van der Waals surface area (Å²) in [5.41, 5.74) is 0.673. The molecule has 0 aliphatic carbocycles. The summed E-state index contributed by atoms with van der Waals surface area (Å²) in [6.45, 7) is 1.86. The molecule has 0 aromatic heterocycles. The Bertz CT molecular complexity index is 352. The van der Waals surface area contributed by atoms with Gasteiger partial charge in [-0.2, -0.15) is 0 Å². The van der Waals surface area contributed by atoms with Crippen LogP contribution in [0.3, 0.4) is 0 Å². The molecule has 0 unspecified atom stereocenters. The third-order valence-corrected chi connectivity index (χ3v) is 2.52. The second-order valence-electron chi connectivity index (χ2n) is 2.51. The minimum absolute atomic E-state index is 0.0220. The largest absolute Gasteiger partial charge is 0.271 e. The molecule has 5 heteroatoms. The fourth-order valence-electron chi connectivity index (χ4n) is 0.993. The third kappa shape index (κ3) is 2.11. The first-order valence-corrected chi connectivity index (χ1v) is 4.44. The van der Waals surface area contributed by atoms with Gasteiger partial charge in [-0.05, 0) is 12.0 Å². The first-order valence-electron chi connectivity index (χ1n) is 3.68. The molecule has 0 amide bonds. The lowest BCUT2D eigenvalue weighted by Crippen LogP contribution is -1.91. The van der Waals surface area contributed by atoms with Crippen LogP contribution in [0.2, 0.25) is 10.0 Å². The normalized spacial score (nSPS) is 10.1. The van der Waals surface area contributed by atoms with Crippen LogP contribution in [0, 0.1) is 10.1 Å². The van der Waals surface area contributed by atoms with Crippen LogP contribution in [0.1, 0.15) is 12.5 Å². The van der Waals surface area contributed by atoms with Crippen molar-refractivity contribution < 1.29 is 4.92 Å². The molecule has 0 fully saturated rings. The number of non-ortho nitro benzene ring substituents is 1. The number of rotatable bonds is 2. The Hall–Kier alpha value is -0.800. The van der Waals surface area contributed by atoms with E-state index < -0.39 is 4.92 Å². The molecule has 0 heterocycles. The van der Waals surface area contributed by atoms with Crippen molar-refractivity contribution in [1.29, 1.82) is 0 Å². The van der Waals surface area contributed by atoms with Gasteiger partial charge < -0.3 is 0 Å². The fourth-order valence-corrected chi connectivity index (χ4v) is 1.47. The number of hydrogen-bond donors (Lipinski definition) is 0. The quantitative estimate of drug-likeness (QED) is 0.565. The number of nitrogens with zero attached hydrogens (tertiary/aromatic N) is 1. The predicted octanol–water partition coefficient (Wildman–Crippen LogP) is 3.46. The Morgan fingerprint density at radius 3 is 2.54 bits per heavy atom. The molecule has 13 heavy (non-hydrogen) atoms. The summed E-state index contributed by atoms with van der Waals surface area (Å²) in [5.74, 6) is 0. The molecular formula is C8H7Cl2NO2. The van der Waals surface area contributed by atoms with Crippen LogP contribution in [0.4, 0.5) is 5.69 Å². The summed E-state index contributed by atoms with van der Waals surface area (Å²) in [6, 6.07) is 2.69. The SMILES string of the molecule is CCc1cc([N+](=O)[O-])cc(Cl)c1Cl. The second kappa shape index (κ2) is 3.94. The van der Waals surface area contributed by atoms with Crippen molar-refractivity contribution in [1.82, 2.24) is 0 Å². The summed E-state index contributed by atoms with van der Waals surface area (Å²) < 4.78 is 0.